The number of para-hydroxylation sites is 1. The van der Waals surface area contributed by atoms with Crippen LogP contribution in [0, 0.1) is 19.1 Å². The molecule has 9 rings (SSSR count). The average Bonchev–Trinajstić information content (AvgIpc) is 3.84. The maximum absolute atomic E-state index is 6.28. The van der Waals surface area contributed by atoms with E-state index in [4.69, 9.17) is 14.4 Å². The Labute approximate surface area is 377 Å². The Morgan fingerprint density at radius 3 is 1.93 bits per heavy atom. The maximum atomic E-state index is 6.28. The fraction of sp³-hybridized carbons (Fsp3) is 0.245. The van der Waals surface area contributed by atoms with E-state index in [-0.39, 0.29) is 25.5 Å². The number of pyridine rings is 2. The summed E-state index contributed by atoms with van der Waals surface area (Å²) in [4.78, 5) is 9.86. The molecule has 0 bridgehead atoms. The van der Waals surface area contributed by atoms with Gasteiger partial charge in [0.05, 0.1) is 8.07 Å². The molecule has 307 valence electrons. The molecular formula is C53H54GeIrN2OSSi-2. The van der Waals surface area contributed by atoms with Crippen molar-refractivity contribution < 1.29 is 24.5 Å². The van der Waals surface area contributed by atoms with E-state index < -0.39 is 21.3 Å². The van der Waals surface area contributed by atoms with Crippen LogP contribution in [0.15, 0.2) is 132 Å². The van der Waals surface area contributed by atoms with Gasteiger partial charge in [0, 0.05) is 31.0 Å². The number of fused-ring (bicyclic) bond motifs is 6. The number of hydrogen-bond acceptors (Lipinski definition) is 4. The fourth-order valence-corrected chi connectivity index (χ4v) is 18.6. The van der Waals surface area contributed by atoms with E-state index in [9.17, 15) is 0 Å². The SMILES string of the molecule is C[CH2][Ge]([CH2]C)([CH2]C)[c]1ccc(-c2[c-]cc3oc4ccccc4c3c2C(C)(C)c2ccccc2)nc1.Cc1c[c-]c(-c2ccc([Si](C)(C)C)cn2)c2sc3ccccc3c12.[Ir]. The molecule has 0 aliphatic rings. The number of benzene rings is 5. The second kappa shape index (κ2) is 17.7. The summed E-state index contributed by atoms with van der Waals surface area (Å²) in [5, 5.41) is 10.3. The van der Waals surface area contributed by atoms with Crippen LogP contribution in [-0.2, 0) is 25.5 Å². The summed E-state index contributed by atoms with van der Waals surface area (Å²) < 4.78 is 10.4. The van der Waals surface area contributed by atoms with Gasteiger partial charge in [-0.3, -0.25) is 0 Å². The first kappa shape index (κ1) is 43.9. The Morgan fingerprint density at radius 2 is 1.28 bits per heavy atom. The second-order valence-electron chi connectivity index (χ2n) is 17.5. The number of furan rings is 1. The minimum Gasteiger partial charge on any atom is -0.305 e. The van der Waals surface area contributed by atoms with Gasteiger partial charge in [0.2, 0.25) is 0 Å². The van der Waals surface area contributed by atoms with Crippen LogP contribution >= 0.6 is 11.3 Å². The third-order valence-electron chi connectivity index (χ3n) is 12.8. The molecule has 4 aromatic heterocycles. The van der Waals surface area contributed by atoms with Gasteiger partial charge in [-0.2, -0.15) is 11.3 Å². The molecule has 7 heteroatoms. The molecule has 4 heterocycles. The third-order valence-corrected chi connectivity index (χ3v) is 27.7. The Kier molecular flexibility index (Phi) is 12.9. The molecule has 1 radical (unpaired) electrons. The molecule has 0 fully saturated rings. The summed E-state index contributed by atoms with van der Waals surface area (Å²) >= 11 is -0.215. The number of nitrogens with zero attached hydrogens (tertiary/aromatic N) is 2. The van der Waals surface area contributed by atoms with Crippen molar-refractivity contribution in [1.29, 1.82) is 0 Å². The zero-order chi connectivity index (χ0) is 41.5. The molecule has 0 saturated heterocycles. The largest absolute Gasteiger partial charge is 0.305 e. The first-order chi connectivity index (χ1) is 28.4. The fourth-order valence-electron chi connectivity index (χ4n) is 8.91. The van der Waals surface area contributed by atoms with Gasteiger partial charge < -0.3 is 4.98 Å². The minimum atomic E-state index is -2.06. The van der Waals surface area contributed by atoms with Crippen molar-refractivity contribution in [2.45, 2.75) is 82.4 Å². The van der Waals surface area contributed by atoms with Gasteiger partial charge in [-0.05, 0) is 27.0 Å². The molecule has 60 heavy (non-hydrogen) atoms. The second-order valence-corrected chi connectivity index (χ2v) is 34.6. The van der Waals surface area contributed by atoms with E-state index in [0.29, 0.717) is 0 Å². The van der Waals surface area contributed by atoms with Gasteiger partial charge >= 0.3 is 212 Å². The van der Waals surface area contributed by atoms with Gasteiger partial charge in [-0.15, -0.1) is 23.3 Å². The van der Waals surface area contributed by atoms with Crippen LogP contribution in [0.2, 0.25) is 35.4 Å². The molecule has 0 N–H and O–H groups in total. The summed E-state index contributed by atoms with van der Waals surface area (Å²) in [6.45, 7) is 20.9. The van der Waals surface area contributed by atoms with Crippen LogP contribution in [0.3, 0.4) is 0 Å². The van der Waals surface area contributed by atoms with Crippen LogP contribution in [-0.4, -0.2) is 31.3 Å². The molecule has 0 atom stereocenters. The monoisotopic (exact) mass is 1060 g/mol. The van der Waals surface area contributed by atoms with Crippen LogP contribution in [0.25, 0.3) is 64.6 Å². The van der Waals surface area contributed by atoms with Crippen LogP contribution < -0.4 is 9.58 Å². The molecule has 0 saturated carbocycles. The van der Waals surface area contributed by atoms with Crippen molar-refractivity contribution in [2.24, 2.45) is 0 Å². The van der Waals surface area contributed by atoms with Crippen molar-refractivity contribution >= 4 is 84.4 Å². The maximum Gasteiger partial charge on any atom is 0.0795 e. The Hall–Kier alpha value is -4.17. The van der Waals surface area contributed by atoms with Crippen LogP contribution in [0.5, 0.6) is 0 Å². The van der Waals surface area contributed by atoms with E-state index in [2.05, 4.69) is 183 Å². The summed E-state index contributed by atoms with van der Waals surface area (Å²) in [7, 11) is -1.32. The van der Waals surface area contributed by atoms with E-state index in [1.54, 1.807) is 0 Å². The molecule has 0 aliphatic heterocycles. The molecule has 0 spiro atoms. The van der Waals surface area contributed by atoms with Crippen LogP contribution in [0.4, 0.5) is 0 Å². The van der Waals surface area contributed by atoms with E-state index in [1.807, 2.05) is 29.5 Å². The van der Waals surface area contributed by atoms with Crippen molar-refractivity contribution in [1.82, 2.24) is 9.97 Å². The Morgan fingerprint density at radius 1 is 0.667 bits per heavy atom. The first-order valence-electron chi connectivity index (χ1n) is 21.1. The van der Waals surface area contributed by atoms with Gasteiger partial charge in [-0.25, -0.2) is 0 Å². The zero-order valence-corrected chi connectivity index (χ0v) is 42.6. The summed E-state index contributed by atoms with van der Waals surface area (Å²) in [6.07, 6.45) is 4.24. The number of aromatic nitrogens is 2. The quantitative estimate of drug-likeness (QED) is 0.107. The third kappa shape index (κ3) is 8.02. The van der Waals surface area contributed by atoms with Gasteiger partial charge in [0.25, 0.3) is 0 Å². The predicted octanol–water partition coefficient (Wildman–Crippen LogP) is 14.3. The molecular weight excluding hydrogens is 1010 g/mol. The molecule has 0 amide bonds. The first-order valence-corrected chi connectivity index (χ1v) is 30.9. The predicted molar refractivity (Wildman–Crippen MR) is 260 cm³/mol. The average molecular weight is 1060 g/mol. The Balaban J connectivity index is 0.000000191. The number of aryl methyl sites for hydroxylation is 1. The topological polar surface area (TPSA) is 38.9 Å². The van der Waals surface area contributed by atoms with E-state index in [1.165, 1.54) is 62.2 Å². The number of hydrogen-bond donors (Lipinski definition) is 0. The number of rotatable bonds is 9. The summed E-state index contributed by atoms with van der Waals surface area (Å²) in [5.74, 6) is 0. The van der Waals surface area contributed by atoms with E-state index in [0.717, 1.165) is 44.5 Å². The minimum absolute atomic E-state index is 0. The summed E-state index contributed by atoms with van der Waals surface area (Å²) in [5.41, 5.74) is 9.48. The normalized spacial score (nSPS) is 12.2. The van der Waals surface area contributed by atoms with Crippen LogP contribution in [0.1, 0.15) is 51.3 Å². The standard InChI is InChI=1S/C32H34GeNO.C21H20NSSi.Ir/c1-6-33(7-2,8-3)24-18-20-27(34-22-24)25-19-21-29-30(26-16-12-13-17-28(26)35-29)31(25)32(4,5)23-14-10-9-11-15-23;1-14-9-11-16(18-12-10-15(13-22-18)24(2,3)4)21-20(14)17-7-5-6-8-19(17)23-21;/h9-18,20-22H,6-8H2,1-5H3;5-10,12-13H,1-4H3;/q2*-1;. The van der Waals surface area contributed by atoms with Crippen molar-refractivity contribution in [3.8, 4) is 22.5 Å². The summed E-state index contributed by atoms with van der Waals surface area (Å²) in [6, 6.07) is 47.9. The zero-order valence-electron chi connectivity index (χ0n) is 36.3. The van der Waals surface area contributed by atoms with Crippen molar-refractivity contribution in [2.75, 3.05) is 0 Å². The smallest absolute Gasteiger partial charge is 0.0795 e. The molecule has 0 aliphatic carbocycles. The van der Waals surface area contributed by atoms with Crippen molar-refractivity contribution in [3.05, 3.63) is 156 Å². The molecule has 0 unspecified atom stereocenters. The Bertz CT molecular complexity index is 2900. The number of thiophene rings is 1. The molecule has 3 nitrogen and oxygen atoms in total. The van der Waals surface area contributed by atoms with Crippen molar-refractivity contribution in [3.63, 3.8) is 0 Å². The molecule has 5 aromatic carbocycles. The van der Waals surface area contributed by atoms with E-state index >= 15 is 0 Å². The van der Waals surface area contributed by atoms with Gasteiger partial charge in [0.1, 0.15) is 0 Å². The van der Waals surface area contributed by atoms with Gasteiger partial charge in [-0.1, -0.05) is 62.3 Å². The molecule has 9 aromatic rings. The van der Waals surface area contributed by atoms with Gasteiger partial charge in [0.15, 0.2) is 0 Å².